The quantitative estimate of drug-likeness (QED) is 0.682. The third-order valence-electron chi connectivity index (χ3n) is 1.67. The van der Waals surface area contributed by atoms with Crippen LogP contribution in [0.15, 0.2) is 12.4 Å². The third kappa shape index (κ3) is 2.37. The fraction of sp³-hybridized carbons (Fsp3) is 0.500. The standard InChI is InChI=1S/C8H13N3O2/c1-5(9)8(12)6-3-7(13-2)11-4-10-6/h3-5,8,12H,9H2,1-2H3. The topological polar surface area (TPSA) is 81.3 Å². The van der Waals surface area contributed by atoms with Gasteiger partial charge < -0.3 is 15.6 Å². The Hall–Kier alpha value is -1.20. The predicted molar refractivity (Wildman–Crippen MR) is 47.2 cm³/mol. The van der Waals surface area contributed by atoms with E-state index < -0.39 is 6.10 Å². The van der Waals surface area contributed by atoms with E-state index in [1.165, 1.54) is 13.4 Å². The van der Waals surface area contributed by atoms with Crippen LogP contribution in [0.2, 0.25) is 0 Å². The molecule has 0 saturated heterocycles. The SMILES string of the molecule is COc1cc(C(O)C(C)N)ncn1. The lowest BCUT2D eigenvalue weighted by molar-refractivity contribution is 0.148. The van der Waals surface area contributed by atoms with Crippen LogP contribution in [-0.2, 0) is 0 Å². The average Bonchev–Trinajstić information content (AvgIpc) is 2.16. The Morgan fingerprint density at radius 1 is 1.54 bits per heavy atom. The second-order valence-electron chi connectivity index (χ2n) is 2.79. The van der Waals surface area contributed by atoms with E-state index in [-0.39, 0.29) is 6.04 Å². The average molecular weight is 183 g/mol. The number of rotatable bonds is 3. The summed E-state index contributed by atoms with van der Waals surface area (Å²) in [7, 11) is 1.50. The number of nitrogens with two attached hydrogens (primary N) is 1. The number of aliphatic hydroxyl groups excluding tert-OH is 1. The van der Waals surface area contributed by atoms with Gasteiger partial charge in [0.05, 0.1) is 12.8 Å². The first-order chi connectivity index (χ1) is 6.15. The highest BCUT2D eigenvalue weighted by Gasteiger charge is 2.14. The molecule has 5 heteroatoms. The molecule has 0 aliphatic carbocycles. The minimum absolute atomic E-state index is 0.361. The Kier molecular flexibility index (Phi) is 3.16. The van der Waals surface area contributed by atoms with Crippen molar-refractivity contribution in [3.05, 3.63) is 18.1 Å². The largest absolute Gasteiger partial charge is 0.481 e. The van der Waals surface area contributed by atoms with E-state index in [0.29, 0.717) is 11.6 Å². The van der Waals surface area contributed by atoms with E-state index in [2.05, 4.69) is 9.97 Å². The Morgan fingerprint density at radius 2 is 2.23 bits per heavy atom. The summed E-state index contributed by atoms with van der Waals surface area (Å²) < 4.78 is 4.88. The molecule has 72 valence electrons. The minimum Gasteiger partial charge on any atom is -0.481 e. The molecular weight excluding hydrogens is 170 g/mol. The highest BCUT2D eigenvalue weighted by molar-refractivity contribution is 5.16. The molecule has 13 heavy (non-hydrogen) atoms. The van der Waals surface area contributed by atoms with Gasteiger partial charge in [0, 0.05) is 12.1 Å². The monoisotopic (exact) mass is 183 g/mol. The van der Waals surface area contributed by atoms with Gasteiger partial charge in [-0.05, 0) is 6.92 Å². The number of aromatic nitrogens is 2. The van der Waals surface area contributed by atoms with Gasteiger partial charge in [0.15, 0.2) is 0 Å². The highest BCUT2D eigenvalue weighted by atomic mass is 16.5. The van der Waals surface area contributed by atoms with Crippen molar-refractivity contribution in [2.24, 2.45) is 5.73 Å². The van der Waals surface area contributed by atoms with Crippen LogP contribution >= 0.6 is 0 Å². The number of nitrogens with zero attached hydrogens (tertiary/aromatic N) is 2. The predicted octanol–water partition coefficient (Wildman–Crippen LogP) is -0.134. The second kappa shape index (κ2) is 4.15. The van der Waals surface area contributed by atoms with Gasteiger partial charge in [-0.15, -0.1) is 0 Å². The summed E-state index contributed by atoms with van der Waals surface area (Å²) >= 11 is 0. The third-order valence-corrected chi connectivity index (χ3v) is 1.67. The van der Waals surface area contributed by atoms with E-state index in [1.54, 1.807) is 13.0 Å². The first-order valence-corrected chi connectivity index (χ1v) is 3.94. The van der Waals surface area contributed by atoms with Gasteiger partial charge in [0.1, 0.15) is 12.4 Å². The lowest BCUT2D eigenvalue weighted by Gasteiger charge is -2.13. The lowest BCUT2D eigenvalue weighted by atomic mass is 10.1. The summed E-state index contributed by atoms with van der Waals surface area (Å²) in [6, 6.07) is 1.20. The molecule has 5 nitrogen and oxygen atoms in total. The zero-order valence-corrected chi connectivity index (χ0v) is 7.64. The van der Waals surface area contributed by atoms with Gasteiger partial charge in [-0.1, -0.05) is 0 Å². The molecule has 0 aromatic carbocycles. The summed E-state index contributed by atoms with van der Waals surface area (Å²) in [5.74, 6) is 0.421. The molecule has 0 radical (unpaired) electrons. The second-order valence-corrected chi connectivity index (χ2v) is 2.79. The summed E-state index contributed by atoms with van der Waals surface area (Å²) in [6.07, 6.45) is 0.552. The molecule has 0 aliphatic heterocycles. The summed E-state index contributed by atoms with van der Waals surface area (Å²) in [5.41, 5.74) is 5.98. The maximum atomic E-state index is 9.55. The molecule has 1 heterocycles. The Balaban J connectivity index is 2.88. The van der Waals surface area contributed by atoms with E-state index in [4.69, 9.17) is 10.5 Å². The van der Waals surface area contributed by atoms with Crippen molar-refractivity contribution in [2.45, 2.75) is 19.1 Å². The first kappa shape index (κ1) is 9.88. The van der Waals surface area contributed by atoms with Gasteiger partial charge in [-0.2, -0.15) is 0 Å². The van der Waals surface area contributed by atoms with Gasteiger partial charge in [0.2, 0.25) is 5.88 Å². The number of hydrogen-bond acceptors (Lipinski definition) is 5. The maximum absolute atomic E-state index is 9.55. The molecule has 0 spiro atoms. The molecule has 3 N–H and O–H groups in total. The molecule has 1 rings (SSSR count). The van der Waals surface area contributed by atoms with E-state index >= 15 is 0 Å². The Morgan fingerprint density at radius 3 is 2.77 bits per heavy atom. The lowest BCUT2D eigenvalue weighted by Crippen LogP contribution is -2.25. The smallest absolute Gasteiger partial charge is 0.216 e. The van der Waals surface area contributed by atoms with Crippen LogP contribution in [0.3, 0.4) is 0 Å². The summed E-state index contributed by atoms with van der Waals surface area (Å²) in [5, 5.41) is 9.55. The molecule has 1 aromatic heterocycles. The van der Waals surface area contributed by atoms with Crippen LogP contribution in [0.25, 0.3) is 0 Å². The highest BCUT2D eigenvalue weighted by Crippen LogP contribution is 2.15. The molecule has 0 bridgehead atoms. The van der Waals surface area contributed by atoms with Crippen molar-refractivity contribution >= 4 is 0 Å². The van der Waals surface area contributed by atoms with Crippen molar-refractivity contribution in [1.82, 2.24) is 9.97 Å². The van der Waals surface area contributed by atoms with Crippen molar-refractivity contribution in [3.8, 4) is 5.88 Å². The fourth-order valence-corrected chi connectivity index (χ4v) is 0.896. The van der Waals surface area contributed by atoms with Crippen LogP contribution in [0, 0.1) is 0 Å². The van der Waals surface area contributed by atoms with E-state index in [0.717, 1.165) is 0 Å². The minimum atomic E-state index is -0.781. The van der Waals surface area contributed by atoms with Gasteiger partial charge in [0.25, 0.3) is 0 Å². The molecule has 2 atom stereocenters. The van der Waals surface area contributed by atoms with Crippen LogP contribution in [0.5, 0.6) is 5.88 Å². The number of methoxy groups -OCH3 is 1. The zero-order valence-electron chi connectivity index (χ0n) is 7.64. The molecule has 1 aromatic rings. The molecule has 0 fully saturated rings. The van der Waals surface area contributed by atoms with Gasteiger partial charge in [-0.25, -0.2) is 9.97 Å². The summed E-state index contributed by atoms with van der Waals surface area (Å²) in [4.78, 5) is 7.70. The molecule has 0 saturated carbocycles. The Bertz CT molecular complexity index is 278. The van der Waals surface area contributed by atoms with E-state index in [9.17, 15) is 5.11 Å². The molecular formula is C8H13N3O2. The fourth-order valence-electron chi connectivity index (χ4n) is 0.896. The van der Waals surface area contributed by atoms with Crippen molar-refractivity contribution in [3.63, 3.8) is 0 Å². The van der Waals surface area contributed by atoms with Crippen LogP contribution in [0.1, 0.15) is 18.7 Å². The van der Waals surface area contributed by atoms with Gasteiger partial charge in [-0.3, -0.25) is 0 Å². The van der Waals surface area contributed by atoms with Crippen molar-refractivity contribution < 1.29 is 9.84 Å². The molecule has 0 aliphatic rings. The van der Waals surface area contributed by atoms with Crippen molar-refractivity contribution in [1.29, 1.82) is 0 Å². The molecule has 0 amide bonds. The van der Waals surface area contributed by atoms with Crippen LogP contribution in [0.4, 0.5) is 0 Å². The molecule has 2 unspecified atom stereocenters. The Labute approximate surface area is 76.6 Å². The number of ether oxygens (including phenoxy) is 1. The van der Waals surface area contributed by atoms with Crippen molar-refractivity contribution in [2.75, 3.05) is 7.11 Å². The van der Waals surface area contributed by atoms with Gasteiger partial charge >= 0.3 is 0 Å². The zero-order chi connectivity index (χ0) is 9.84. The van der Waals surface area contributed by atoms with Crippen LogP contribution in [-0.4, -0.2) is 28.2 Å². The van der Waals surface area contributed by atoms with Crippen LogP contribution < -0.4 is 10.5 Å². The first-order valence-electron chi connectivity index (χ1n) is 3.94. The number of hydrogen-bond donors (Lipinski definition) is 2. The van der Waals surface area contributed by atoms with E-state index in [1.807, 2.05) is 0 Å². The summed E-state index contributed by atoms with van der Waals surface area (Å²) in [6.45, 7) is 1.71. The maximum Gasteiger partial charge on any atom is 0.216 e. The number of aliphatic hydroxyl groups is 1. The normalized spacial score (nSPS) is 15.1.